The topological polar surface area (TPSA) is 46.9 Å². The van der Waals surface area contributed by atoms with Crippen molar-refractivity contribution in [3.05, 3.63) is 47.2 Å². The molecule has 0 saturated heterocycles. The third-order valence-corrected chi connectivity index (χ3v) is 3.80. The lowest BCUT2D eigenvalue weighted by Crippen LogP contribution is -2.30. The second kappa shape index (κ2) is 4.90. The molecule has 1 aliphatic rings. The van der Waals surface area contributed by atoms with E-state index < -0.39 is 17.6 Å². The Balaban J connectivity index is 2.18. The van der Waals surface area contributed by atoms with Crippen molar-refractivity contribution in [2.24, 2.45) is 0 Å². The molecule has 1 N–H and O–H groups in total. The smallest absolute Gasteiger partial charge is 0.226 e. The van der Waals surface area contributed by atoms with Gasteiger partial charge in [0.15, 0.2) is 0 Å². The molecule has 2 heterocycles. The number of hydrogen-bond acceptors (Lipinski definition) is 2. The SMILES string of the molecule is CC(C)(C)n1ncc2c1NC(=O)C[C@H]2c1c(F)cccc1F. The van der Waals surface area contributed by atoms with Crippen molar-refractivity contribution in [2.75, 3.05) is 5.32 Å². The van der Waals surface area contributed by atoms with Crippen LogP contribution in [0.4, 0.5) is 14.6 Å². The number of aromatic nitrogens is 2. The quantitative estimate of drug-likeness (QED) is 0.878. The van der Waals surface area contributed by atoms with E-state index in [1.807, 2.05) is 20.8 Å². The molecule has 2 aromatic rings. The Hall–Kier alpha value is -2.24. The molecular formula is C16H17F2N3O. The summed E-state index contributed by atoms with van der Waals surface area (Å²) >= 11 is 0. The first kappa shape index (κ1) is 14.7. The van der Waals surface area contributed by atoms with Gasteiger partial charge in [0.1, 0.15) is 17.5 Å². The van der Waals surface area contributed by atoms with E-state index in [-0.39, 0.29) is 23.4 Å². The molecule has 4 nitrogen and oxygen atoms in total. The summed E-state index contributed by atoms with van der Waals surface area (Å²) in [6, 6.07) is 3.73. The lowest BCUT2D eigenvalue weighted by molar-refractivity contribution is -0.116. The minimum absolute atomic E-state index is 0.000684. The highest BCUT2D eigenvalue weighted by Gasteiger charge is 2.35. The zero-order valence-corrected chi connectivity index (χ0v) is 12.7. The van der Waals surface area contributed by atoms with Crippen molar-refractivity contribution >= 4 is 11.7 Å². The van der Waals surface area contributed by atoms with E-state index in [1.54, 1.807) is 10.9 Å². The van der Waals surface area contributed by atoms with Gasteiger partial charge in [-0.05, 0) is 32.9 Å². The van der Waals surface area contributed by atoms with Crippen molar-refractivity contribution in [3.8, 4) is 0 Å². The number of nitrogens with one attached hydrogen (secondary N) is 1. The predicted molar refractivity (Wildman–Crippen MR) is 78.7 cm³/mol. The zero-order valence-electron chi connectivity index (χ0n) is 12.7. The molecule has 1 aliphatic heterocycles. The summed E-state index contributed by atoms with van der Waals surface area (Å²) in [5.74, 6) is -1.72. The average Bonchev–Trinajstić information content (AvgIpc) is 2.81. The van der Waals surface area contributed by atoms with Crippen molar-refractivity contribution in [1.29, 1.82) is 0 Å². The molecule has 6 heteroatoms. The van der Waals surface area contributed by atoms with Gasteiger partial charge in [-0.15, -0.1) is 0 Å². The number of nitrogens with zero attached hydrogens (tertiary/aromatic N) is 2. The molecule has 0 bridgehead atoms. The Bertz CT molecular complexity index is 726. The molecule has 0 saturated carbocycles. The maximum atomic E-state index is 14.1. The largest absolute Gasteiger partial charge is 0.311 e. The van der Waals surface area contributed by atoms with Gasteiger partial charge in [0.05, 0.1) is 11.7 Å². The first-order chi connectivity index (χ1) is 10.3. The summed E-state index contributed by atoms with van der Waals surface area (Å²) in [6.45, 7) is 5.83. The van der Waals surface area contributed by atoms with Crippen LogP contribution in [0.25, 0.3) is 0 Å². The summed E-state index contributed by atoms with van der Waals surface area (Å²) in [5, 5.41) is 7.07. The van der Waals surface area contributed by atoms with Crippen LogP contribution < -0.4 is 5.32 Å². The summed E-state index contributed by atoms with van der Waals surface area (Å²) in [5.41, 5.74) is 0.210. The Morgan fingerprint density at radius 1 is 1.27 bits per heavy atom. The fourth-order valence-corrected chi connectivity index (χ4v) is 2.83. The van der Waals surface area contributed by atoms with Gasteiger partial charge in [-0.25, -0.2) is 13.5 Å². The van der Waals surface area contributed by atoms with E-state index in [4.69, 9.17) is 0 Å². The molecule has 1 aromatic carbocycles. The number of amides is 1. The van der Waals surface area contributed by atoms with Crippen LogP contribution in [-0.2, 0) is 10.3 Å². The molecule has 0 radical (unpaired) electrons. The van der Waals surface area contributed by atoms with E-state index >= 15 is 0 Å². The molecule has 0 spiro atoms. The Morgan fingerprint density at radius 3 is 2.50 bits per heavy atom. The summed E-state index contributed by atoms with van der Waals surface area (Å²) < 4.78 is 29.9. The van der Waals surface area contributed by atoms with Gasteiger partial charge in [0.25, 0.3) is 0 Å². The van der Waals surface area contributed by atoms with Gasteiger partial charge in [0.2, 0.25) is 5.91 Å². The highest BCUT2D eigenvalue weighted by Crippen LogP contribution is 2.40. The van der Waals surface area contributed by atoms with E-state index in [0.29, 0.717) is 11.4 Å². The second-order valence-corrected chi connectivity index (χ2v) is 6.47. The molecule has 0 unspecified atom stereocenters. The van der Waals surface area contributed by atoms with Gasteiger partial charge in [0, 0.05) is 23.5 Å². The summed E-state index contributed by atoms with van der Waals surface area (Å²) in [7, 11) is 0. The molecule has 0 fully saturated rings. The third-order valence-electron chi connectivity index (χ3n) is 3.80. The third kappa shape index (κ3) is 2.28. The molecule has 1 amide bonds. The lowest BCUT2D eigenvalue weighted by atomic mass is 9.86. The van der Waals surface area contributed by atoms with Gasteiger partial charge >= 0.3 is 0 Å². The van der Waals surface area contributed by atoms with Gasteiger partial charge in [-0.1, -0.05) is 6.07 Å². The number of carbonyl (C=O) groups excluding carboxylic acids is 1. The highest BCUT2D eigenvalue weighted by atomic mass is 19.1. The van der Waals surface area contributed by atoms with Crippen LogP contribution in [0.5, 0.6) is 0 Å². The number of fused-ring (bicyclic) bond motifs is 1. The van der Waals surface area contributed by atoms with Gasteiger partial charge < -0.3 is 5.32 Å². The van der Waals surface area contributed by atoms with Crippen molar-refractivity contribution in [2.45, 2.75) is 38.6 Å². The molecule has 0 aliphatic carbocycles. The van der Waals surface area contributed by atoms with E-state index in [0.717, 1.165) is 0 Å². The van der Waals surface area contributed by atoms with E-state index in [1.165, 1.54) is 18.2 Å². The Kier molecular flexibility index (Phi) is 3.27. The second-order valence-electron chi connectivity index (χ2n) is 6.47. The van der Waals surface area contributed by atoms with Crippen molar-refractivity contribution in [3.63, 3.8) is 0 Å². The number of anilines is 1. The maximum Gasteiger partial charge on any atom is 0.226 e. The van der Waals surface area contributed by atoms with Crippen molar-refractivity contribution in [1.82, 2.24) is 9.78 Å². The molecule has 1 aromatic heterocycles. The normalized spacial score (nSPS) is 18.0. The fourth-order valence-electron chi connectivity index (χ4n) is 2.83. The van der Waals surface area contributed by atoms with Crippen LogP contribution in [0.15, 0.2) is 24.4 Å². The highest BCUT2D eigenvalue weighted by molar-refractivity contribution is 5.94. The number of carbonyl (C=O) groups is 1. The van der Waals surface area contributed by atoms with Crippen LogP contribution in [0.1, 0.15) is 44.2 Å². The zero-order chi connectivity index (χ0) is 16.1. The first-order valence-corrected chi connectivity index (χ1v) is 7.11. The first-order valence-electron chi connectivity index (χ1n) is 7.11. The minimum atomic E-state index is -0.666. The number of rotatable bonds is 1. The summed E-state index contributed by atoms with van der Waals surface area (Å²) in [6.07, 6.45) is 1.58. The number of halogens is 2. The monoisotopic (exact) mass is 305 g/mol. The summed E-state index contributed by atoms with van der Waals surface area (Å²) in [4.78, 5) is 12.0. The van der Waals surface area contributed by atoms with E-state index in [2.05, 4.69) is 10.4 Å². The van der Waals surface area contributed by atoms with E-state index in [9.17, 15) is 13.6 Å². The molecule has 22 heavy (non-hydrogen) atoms. The molecule has 1 atom stereocenters. The van der Waals surface area contributed by atoms with Crippen LogP contribution in [-0.4, -0.2) is 15.7 Å². The lowest BCUT2D eigenvalue weighted by Gasteiger charge is -2.28. The van der Waals surface area contributed by atoms with Gasteiger partial charge in [-0.2, -0.15) is 5.10 Å². The molecular weight excluding hydrogens is 288 g/mol. The Morgan fingerprint density at radius 2 is 1.91 bits per heavy atom. The van der Waals surface area contributed by atoms with Crippen LogP contribution in [0.3, 0.4) is 0 Å². The Labute approximate surface area is 127 Å². The van der Waals surface area contributed by atoms with Crippen molar-refractivity contribution < 1.29 is 13.6 Å². The van der Waals surface area contributed by atoms with Crippen LogP contribution in [0.2, 0.25) is 0 Å². The number of benzene rings is 1. The average molecular weight is 305 g/mol. The maximum absolute atomic E-state index is 14.1. The molecule has 116 valence electrons. The number of hydrogen-bond donors (Lipinski definition) is 1. The minimum Gasteiger partial charge on any atom is -0.311 e. The standard InChI is InChI=1S/C16H17F2N3O/c1-16(2,3)21-15-10(8-19-21)9(7-13(22)20-15)14-11(17)5-4-6-12(14)18/h4-6,8-9H,7H2,1-3H3,(H,20,22)/t9-/m1/s1. The van der Waals surface area contributed by atoms with Gasteiger partial charge in [-0.3, -0.25) is 4.79 Å². The van der Waals surface area contributed by atoms with Crippen LogP contribution >= 0.6 is 0 Å². The van der Waals surface area contributed by atoms with Crippen LogP contribution in [0, 0.1) is 11.6 Å². The predicted octanol–water partition coefficient (Wildman–Crippen LogP) is 3.39. The molecule has 3 rings (SSSR count). The fraction of sp³-hybridized carbons (Fsp3) is 0.375.